The van der Waals surface area contributed by atoms with Crippen LogP contribution in [0.3, 0.4) is 0 Å². The number of rotatable bonds is 2. The molecule has 4 heteroatoms. The lowest BCUT2D eigenvalue weighted by molar-refractivity contribution is -0.135. The van der Waals surface area contributed by atoms with Crippen LogP contribution in [0.4, 0.5) is 0 Å². The van der Waals surface area contributed by atoms with Gasteiger partial charge in [0.15, 0.2) is 0 Å². The summed E-state index contributed by atoms with van der Waals surface area (Å²) in [6.45, 7) is 5.06. The van der Waals surface area contributed by atoms with Crippen molar-refractivity contribution in [3.63, 3.8) is 0 Å². The summed E-state index contributed by atoms with van der Waals surface area (Å²) < 4.78 is 5.37. The van der Waals surface area contributed by atoms with Crippen LogP contribution in [0.15, 0.2) is 24.3 Å². The van der Waals surface area contributed by atoms with Crippen molar-refractivity contribution < 1.29 is 9.53 Å². The number of nitrogens with one attached hydrogen (secondary N) is 1. The SMILES string of the molecule is O=C(C[C@H]1CC2(CCNCC2)c2ccccc21)N1CCOCC1. The molecule has 1 atom stereocenters. The highest BCUT2D eigenvalue weighted by molar-refractivity contribution is 5.77. The number of amides is 1. The van der Waals surface area contributed by atoms with Crippen LogP contribution < -0.4 is 5.32 Å². The van der Waals surface area contributed by atoms with Gasteiger partial charge < -0.3 is 15.0 Å². The van der Waals surface area contributed by atoms with E-state index in [0.29, 0.717) is 36.9 Å². The Morgan fingerprint density at radius 3 is 2.74 bits per heavy atom. The molecule has 124 valence electrons. The van der Waals surface area contributed by atoms with Crippen molar-refractivity contribution in [2.75, 3.05) is 39.4 Å². The molecule has 2 heterocycles. The summed E-state index contributed by atoms with van der Waals surface area (Å²) in [4.78, 5) is 14.7. The quantitative estimate of drug-likeness (QED) is 0.908. The minimum Gasteiger partial charge on any atom is -0.378 e. The second-order valence-corrected chi connectivity index (χ2v) is 7.22. The molecule has 0 radical (unpaired) electrons. The van der Waals surface area contributed by atoms with Crippen molar-refractivity contribution >= 4 is 5.91 Å². The molecular formula is C19H26N2O2. The first-order valence-electron chi connectivity index (χ1n) is 8.94. The van der Waals surface area contributed by atoms with Crippen LogP contribution in [0, 0.1) is 0 Å². The Hall–Kier alpha value is -1.39. The first-order valence-corrected chi connectivity index (χ1v) is 8.94. The van der Waals surface area contributed by atoms with Gasteiger partial charge >= 0.3 is 0 Å². The van der Waals surface area contributed by atoms with E-state index in [-0.39, 0.29) is 0 Å². The standard InChI is InChI=1S/C19H26N2O2/c22-18(21-9-11-23-12-10-21)13-15-14-19(5-7-20-8-6-19)17-4-2-1-3-16(15)17/h1-4,15,20H,5-14H2/t15-/m0/s1. The summed E-state index contributed by atoms with van der Waals surface area (Å²) in [6, 6.07) is 8.85. The van der Waals surface area contributed by atoms with E-state index in [1.54, 1.807) is 0 Å². The zero-order valence-corrected chi connectivity index (χ0v) is 13.7. The van der Waals surface area contributed by atoms with Gasteiger partial charge in [0.2, 0.25) is 5.91 Å². The first kappa shape index (κ1) is 15.2. The Kier molecular flexibility index (Phi) is 4.12. The van der Waals surface area contributed by atoms with Crippen LogP contribution >= 0.6 is 0 Å². The number of piperidine rings is 1. The van der Waals surface area contributed by atoms with Gasteiger partial charge in [-0.15, -0.1) is 0 Å². The highest BCUT2D eigenvalue weighted by Gasteiger charge is 2.44. The highest BCUT2D eigenvalue weighted by atomic mass is 16.5. The Bertz CT molecular complexity index is 574. The fourth-order valence-electron chi connectivity index (χ4n) is 4.74. The van der Waals surface area contributed by atoms with Gasteiger partial charge in [0, 0.05) is 19.5 Å². The van der Waals surface area contributed by atoms with Crippen molar-refractivity contribution in [3.05, 3.63) is 35.4 Å². The molecule has 0 unspecified atom stereocenters. The van der Waals surface area contributed by atoms with Gasteiger partial charge in [0.05, 0.1) is 13.2 Å². The van der Waals surface area contributed by atoms with Crippen LogP contribution in [0.2, 0.25) is 0 Å². The van der Waals surface area contributed by atoms with E-state index in [4.69, 9.17) is 4.74 Å². The van der Waals surface area contributed by atoms with Crippen molar-refractivity contribution in [1.82, 2.24) is 10.2 Å². The fraction of sp³-hybridized carbons (Fsp3) is 0.632. The average Bonchev–Trinajstić information content (AvgIpc) is 2.90. The van der Waals surface area contributed by atoms with Crippen molar-refractivity contribution in [1.29, 1.82) is 0 Å². The van der Waals surface area contributed by atoms with Crippen molar-refractivity contribution in [2.24, 2.45) is 0 Å². The molecule has 1 amide bonds. The van der Waals surface area contributed by atoms with E-state index >= 15 is 0 Å². The molecule has 2 saturated heterocycles. The predicted octanol–water partition coefficient (Wildman–Crippen LogP) is 2.04. The molecule has 0 bridgehead atoms. The van der Waals surface area contributed by atoms with Gasteiger partial charge in [-0.25, -0.2) is 0 Å². The van der Waals surface area contributed by atoms with E-state index in [2.05, 4.69) is 29.6 Å². The number of fused-ring (bicyclic) bond motifs is 2. The molecule has 1 aromatic carbocycles. The van der Waals surface area contributed by atoms with Crippen molar-refractivity contribution in [2.45, 2.75) is 37.0 Å². The molecule has 3 aliphatic rings. The fourth-order valence-corrected chi connectivity index (χ4v) is 4.74. The maximum absolute atomic E-state index is 12.7. The smallest absolute Gasteiger partial charge is 0.223 e. The molecule has 2 fully saturated rings. The lowest BCUT2D eigenvalue weighted by Gasteiger charge is -2.35. The van der Waals surface area contributed by atoms with Crippen LogP contribution in [-0.4, -0.2) is 50.2 Å². The summed E-state index contributed by atoms with van der Waals surface area (Å²) in [5, 5.41) is 3.48. The Morgan fingerprint density at radius 1 is 1.22 bits per heavy atom. The van der Waals surface area contributed by atoms with Crippen LogP contribution in [0.1, 0.15) is 42.7 Å². The molecule has 2 aliphatic heterocycles. The van der Waals surface area contributed by atoms with E-state index in [1.165, 1.54) is 24.0 Å². The normalized spacial score (nSPS) is 26.3. The average molecular weight is 314 g/mol. The molecule has 4 nitrogen and oxygen atoms in total. The largest absolute Gasteiger partial charge is 0.378 e. The number of morpholine rings is 1. The monoisotopic (exact) mass is 314 g/mol. The zero-order chi connectivity index (χ0) is 15.7. The lowest BCUT2D eigenvalue weighted by atomic mass is 9.73. The summed E-state index contributed by atoms with van der Waals surface area (Å²) in [5.41, 5.74) is 3.25. The number of hydrogen-bond donors (Lipinski definition) is 1. The van der Waals surface area contributed by atoms with E-state index in [0.717, 1.165) is 32.6 Å². The number of carbonyl (C=O) groups excluding carboxylic acids is 1. The molecular weight excluding hydrogens is 288 g/mol. The summed E-state index contributed by atoms with van der Waals surface area (Å²) in [7, 11) is 0. The molecule has 1 spiro atoms. The molecule has 1 aliphatic carbocycles. The first-order chi connectivity index (χ1) is 11.3. The zero-order valence-electron chi connectivity index (χ0n) is 13.7. The Morgan fingerprint density at radius 2 is 1.96 bits per heavy atom. The molecule has 4 rings (SSSR count). The van der Waals surface area contributed by atoms with E-state index in [1.807, 2.05) is 4.90 Å². The summed E-state index contributed by atoms with van der Waals surface area (Å²) >= 11 is 0. The number of carbonyl (C=O) groups is 1. The van der Waals surface area contributed by atoms with Gasteiger partial charge in [-0.3, -0.25) is 4.79 Å². The number of ether oxygens (including phenoxy) is 1. The maximum Gasteiger partial charge on any atom is 0.223 e. The Labute approximate surface area is 138 Å². The summed E-state index contributed by atoms with van der Waals surface area (Å²) in [6.07, 6.45) is 4.20. The number of nitrogens with zero attached hydrogens (tertiary/aromatic N) is 1. The minimum absolute atomic E-state index is 0.303. The summed E-state index contributed by atoms with van der Waals surface area (Å²) in [5.74, 6) is 0.693. The topological polar surface area (TPSA) is 41.6 Å². The number of benzene rings is 1. The van der Waals surface area contributed by atoms with Crippen LogP contribution in [0.25, 0.3) is 0 Å². The van der Waals surface area contributed by atoms with Crippen LogP contribution in [0.5, 0.6) is 0 Å². The van der Waals surface area contributed by atoms with Gasteiger partial charge in [-0.1, -0.05) is 24.3 Å². The second-order valence-electron chi connectivity index (χ2n) is 7.22. The van der Waals surface area contributed by atoms with E-state index < -0.39 is 0 Å². The molecule has 23 heavy (non-hydrogen) atoms. The minimum atomic E-state index is 0.303. The van der Waals surface area contributed by atoms with Gasteiger partial charge in [-0.2, -0.15) is 0 Å². The van der Waals surface area contributed by atoms with E-state index in [9.17, 15) is 4.79 Å². The lowest BCUT2D eigenvalue weighted by Crippen LogP contribution is -2.41. The maximum atomic E-state index is 12.7. The van der Waals surface area contributed by atoms with Crippen molar-refractivity contribution in [3.8, 4) is 0 Å². The van der Waals surface area contributed by atoms with Gasteiger partial charge in [0.1, 0.15) is 0 Å². The molecule has 0 aromatic heterocycles. The number of hydrogen-bond acceptors (Lipinski definition) is 3. The third-order valence-electron chi connectivity index (χ3n) is 5.95. The Balaban J connectivity index is 1.54. The third kappa shape index (κ3) is 2.79. The third-order valence-corrected chi connectivity index (χ3v) is 5.95. The second kappa shape index (κ2) is 6.25. The molecule has 1 N–H and O–H groups in total. The van der Waals surface area contributed by atoms with Crippen LogP contribution in [-0.2, 0) is 14.9 Å². The van der Waals surface area contributed by atoms with Gasteiger partial charge in [-0.05, 0) is 54.8 Å². The molecule has 1 aromatic rings. The predicted molar refractivity (Wildman–Crippen MR) is 89.6 cm³/mol. The van der Waals surface area contributed by atoms with Gasteiger partial charge in [0.25, 0.3) is 0 Å². The highest BCUT2D eigenvalue weighted by Crippen LogP contribution is 2.51. The molecule has 0 saturated carbocycles.